The third kappa shape index (κ3) is 4.60. The summed E-state index contributed by atoms with van der Waals surface area (Å²) in [5.74, 6) is -0.573. The van der Waals surface area contributed by atoms with Gasteiger partial charge in [0.1, 0.15) is 0 Å². The van der Waals surface area contributed by atoms with Gasteiger partial charge in [-0.1, -0.05) is 12.1 Å². The van der Waals surface area contributed by atoms with Crippen LogP contribution in [0.25, 0.3) is 0 Å². The van der Waals surface area contributed by atoms with Crippen molar-refractivity contribution in [3.8, 4) is 0 Å². The number of carbonyl (C=O) groups excluding carboxylic acids is 1. The summed E-state index contributed by atoms with van der Waals surface area (Å²) in [6.45, 7) is 1.73. The van der Waals surface area contributed by atoms with E-state index in [2.05, 4.69) is 10.2 Å². The average molecular weight is 378 g/mol. The molecule has 1 heterocycles. The lowest BCUT2D eigenvalue weighted by molar-refractivity contribution is -0.136. The van der Waals surface area contributed by atoms with Gasteiger partial charge in [0, 0.05) is 31.5 Å². The first-order valence-electron chi connectivity index (χ1n) is 8.74. The van der Waals surface area contributed by atoms with Crippen LogP contribution in [-0.2, 0) is 10.9 Å². The molecule has 0 aliphatic carbocycles. The molecule has 144 valence electrons. The smallest absolute Gasteiger partial charge is 0.381 e. The van der Waals surface area contributed by atoms with Gasteiger partial charge in [-0.3, -0.25) is 4.79 Å². The predicted molar refractivity (Wildman–Crippen MR) is 98.1 cm³/mol. The zero-order valence-electron chi connectivity index (χ0n) is 14.9. The summed E-state index contributed by atoms with van der Waals surface area (Å²) in [7, 11) is 1.71. The number of benzene rings is 2. The highest BCUT2D eigenvalue weighted by Crippen LogP contribution is 2.34. The summed E-state index contributed by atoms with van der Waals surface area (Å²) in [5, 5.41) is 2.36. The van der Waals surface area contributed by atoms with Gasteiger partial charge in [0.25, 0.3) is 5.91 Å². The monoisotopic (exact) mass is 378 g/mol. The Labute approximate surface area is 155 Å². The molecule has 7 heteroatoms. The first-order valence-corrected chi connectivity index (χ1v) is 8.74. The Morgan fingerprint density at radius 2 is 1.70 bits per heavy atom. The number of alkyl halides is 3. The Morgan fingerprint density at radius 1 is 1.07 bits per heavy atom. The second-order valence-electron chi connectivity index (χ2n) is 6.47. The Balaban J connectivity index is 1.69. The predicted octanol–water partition coefficient (Wildman–Crippen LogP) is 4.57. The van der Waals surface area contributed by atoms with E-state index in [0.29, 0.717) is 5.56 Å². The van der Waals surface area contributed by atoms with Crippen LogP contribution in [0.4, 0.5) is 24.5 Å². The minimum absolute atomic E-state index is 0.249. The lowest BCUT2D eigenvalue weighted by Gasteiger charge is -2.33. The molecule has 3 rings (SSSR count). The third-order valence-corrected chi connectivity index (χ3v) is 4.75. The van der Waals surface area contributed by atoms with Gasteiger partial charge in [-0.2, -0.15) is 13.2 Å². The molecule has 0 radical (unpaired) electrons. The van der Waals surface area contributed by atoms with Crippen LogP contribution in [0.15, 0.2) is 48.5 Å². The molecule has 0 spiro atoms. The van der Waals surface area contributed by atoms with Crippen LogP contribution < -0.4 is 10.2 Å². The molecule has 0 bridgehead atoms. The maximum atomic E-state index is 13.0. The lowest BCUT2D eigenvalue weighted by Crippen LogP contribution is -2.36. The highest BCUT2D eigenvalue weighted by Gasteiger charge is 2.33. The first-order chi connectivity index (χ1) is 12.9. The van der Waals surface area contributed by atoms with Gasteiger partial charge in [0.05, 0.1) is 17.4 Å². The van der Waals surface area contributed by atoms with Gasteiger partial charge in [-0.05, 0) is 49.2 Å². The van der Waals surface area contributed by atoms with Crippen molar-refractivity contribution in [3.63, 3.8) is 0 Å². The van der Waals surface area contributed by atoms with Gasteiger partial charge in [-0.15, -0.1) is 0 Å². The van der Waals surface area contributed by atoms with Crippen molar-refractivity contribution in [3.05, 3.63) is 59.7 Å². The number of halogens is 3. The van der Waals surface area contributed by atoms with Crippen molar-refractivity contribution in [2.45, 2.75) is 25.1 Å². The van der Waals surface area contributed by atoms with Crippen LogP contribution in [0.3, 0.4) is 0 Å². The standard InChI is InChI=1S/C20H21F3N2O2/c1-27-16-10-12-25(13-11-16)15-8-6-14(7-9-15)19(26)24-18-5-3-2-4-17(18)20(21,22)23/h2-9,16H,10-13H2,1H3,(H,24,26). The van der Waals surface area contributed by atoms with E-state index >= 15 is 0 Å². The Hall–Kier alpha value is -2.54. The zero-order chi connectivity index (χ0) is 19.4. The van der Waals surface area contributed by atoms with Gasteiger partial charge in [0.15, 0.2) is 0 Å². The molecule has 4 nitrogen and oxygen atoms in total. The number of para-hydroxylation sites is 1. The Morgan fingerprint density at radius 3 is 2.30 bits per heavy atom. The number of piperidine rings is 1. The molecule has 1 aliphatic heterocycles. The lowest BCUT2D eigenvalue weighted by atomic mass is 10.1. The van der Waals surface area contributed by atoms with E-state index in [1.54, 1.807) is 19.2 Å². The normalized spacial score (nSPS) is 15.6. The zero-order valence-corrected chi connectivity index (χ0v) is 14.9. The van der Waals surface area contributed by atoms with Crippen LogP contribution in [-0.4, -0.2) is 32.2 Å². The topological polar surface area (TPSA) is 41.6 Å². The van der Waals surface area contributed by atoms with Gasteiger partial charge in [-0.25, -0.2) is 0 Å². The van der Waals surface area contributed by atoms with E-state index in [4.69, 9.17) is 4.74 Å². The van der Waals surface area contributed by atoms with Gasteiger partial charge >= 0.3 is 6.18 Å². The van der Waals surface area contributed by atoms with Gasteiger partial charge < -0.3 is 15.0 Å². The number of hydrogen-bond donors (Lipinski definition) is 1. The van der Waals surface area contributed by atoms with E-state index in [1.807, 2.05) is 12.1 Å². The second-order valence-corrected chi connectivity index (χ2v) is 6.47. The number of anilines is 2. The molecular formula is C20H21F3N2O2. The summed E-state index contributed by atoms with van der Waals surface area (Å²) in [5.41, 5.74) is 0.177. The van der Waals surface area contributed by atoms with Crippen LogP contribution in [0, 0.1) is 0 Å². The van der Waals surface area contributed by atoms with Crippen LogP contribution in [0.5, 0.6) is 0 Å². The molecule has 2 aromatic rings. The fourth-order valence-electron chi connectivity index (χ4n) is 3.21. The molecule has 27 heavy (non-hydrogen) atoms. The Kier molecular flexibility index (Phi) is 5.70. The quantitative estimate of drug-likeness (QED) is 0.847. The van der Waals surface area contributed by atoms with E-state index in [0.717, 1.165) is 37.7 Å². The molecule has 1 aliphatic rings. The highest BCUT2D eigenvalue weighted by atomic mass is 19.4. The summed E-state index contributed by atoms with van der Waals surface area (Å²) >= 11 is 0. The minimum atomic E-state index is -4.53. The van der Waals surface area contributed by atoms with Crippen LogP contribution in [0.2, 0.25) is 0 Å². The average Bonchev–Trinajstić information content (AvgIpc) is 2.68. The van der Waals surface area contributed by atoms with Crippen molar-refractivity contribution in [2.75, 3.05) is 30.4 Å². The first kappa shape index (κ1) is 19.2. The molecule has 0 saturated carbocycles. The van der Waals surface area contributed by atoms with Crippen molar-refractivity contribution < 1.29 is 22.7 Å². The fraction of sp³-hybridized carbons (Fsp3) is 0.350. The maximum absolute atomic E-state index is 13.0. The number of rotatable bonds is 4. The van der Waals surface area contributed by atoms with Crippen molar-refractivity contribution >= 4 is 17.3 Å². The van der Waals surface area contributed by atoms with E-state index < -0.39 is 17.6 Å². The van der Waals surface area contributed by atoms with Gasteiger partial charge in [0.2, 0.25) is 0 Å². The summed E-state index contributed by atoms with van der Waals surface area (Å²) < 4.78 is 44.5. The largest absolute Gasteiger partial charge is 0.418 e. The fourth-order valence-corrected chi connectivity index (χ4v) is 3.21. The summed E-state index contributed by atoms with van der Waals surface area (Å²) in [6, 6.07) is 11.8. The molecule has 0 unspecified atom stereocenters. The van der Waals surface area contributed by atoms with Crippen molar-refractivity contribution in [2.24, 2.45) is 0 Å². The van der Waals surface area contributed by atoms with Crippen molar-refractivity contribution in [1.29, 1.82) is 0 Å². The number of methoxy groups -OCH3 is 1. The number of carbonyl (C=O) groups is 1. The maximum Gasteiger partial charge on any atom is 0.418 e. The Bertz CT molecular complexity index is 783. The highest BCUT2D eigenvalue weighted by molar-refractivity contribution is 6.04. The van der Waals surface area contributed by atoms with E-state index in [1.165, 1.54) is 18.2 Å². The second kappa shape index (κ2) is 8.00. The molecule has 1 N–H and O–H groups in total. The number of nitrogens with zero attached hydrogens (tertiary/aromatic N) is 1. The summed E-state index contributed by atoms with van der Waals surface area (Å²) in [6.07, 6.45) is -2.37. The minimum Gasteiger partial charge on any atom is -0.381 e. The van der Waals surface area contributed by atoms with Crippen molar-refractivity contribution in [1.82, 2.24) is 0 Å². The number of ether oxygens (including phenoxy) is 1. The molecule has 1 fully saturated rings. The number of amides is 1. The molecule has 2 aromatic carbocycles. The molecule has 0 atom stereocenters. The van der Waals surface area contributed by atoms with Crippen LogP contribution >= 0.6 is 0 Å². The third-order valence-electron chi connectivity index (χ3n) is 4.75. The van der Waals surface area contributed by atoms with E-state index in [-0.39, 0.29) is 11.8 Å². The molecule has 0 aromatic heterocycles. The number of hydrogen-bond acceptors (Lipinski definition) is 3. The summed E-state index contributed by atoms with van der Waals surface area (Å²) in [4.78, 5) is 14.6. The number of nitrogens with one attached hydrogen (secondary N) is 1. The molecule has 1 amide bonds. The molecule has 1 saturated heterocycles. The SMILES string of the molecule is COC1CCN(c2ccc(C(=O)Nc3ccccc3C(F)(F)F)cc2)CC1. The van der Waals surface area contributed by atoms with Crippen LogP contribution in [0.1, 0.15) is 28.8 Å². The van der Waals surface area contributed by atoms with E-state index in [9.17, 15) is 18.0 Å². The molecular weight excluding hydrogens is 357 g/mol.